The molecule has 0 aliphatic carbocycles. The number of hydrogen-bond acceptors (Lipinski definition) is 7. The van der Waals surface area contributed by atoms with E-state index in [1.54, 1.807) is 4.90 Å². The Morgan fingerprint density at radius 2 is 1.66 bits per heavy atom. The van der Waals surface area contributed by atoms with Gasteiger partial charge in [-0.05, 0) is 62.1 Å². The van der Waals surface area contributed by atoms with E-state index in [9.17, 15) is 24.3 Å². The van der Waals surface area contributed by atoms with E-state index < -0.39 is 24.2 Å². The molecule has 2 aliphatic heterocycles. The van der Waals surface area contributed by atoms with Crippen LogP contribution in [0.3, 0.4) is 0 Å². The Kier molecular flexibility index (Phi) is 13.6. The minimum absolute atomic E-state index is 0.0251. The number of benzene rings is 2. The lowest BCUT2D eigenvalue weighted by Gasteiger charge is -2.33. The Hall–Kier alpha value is -4.86. The molecule has 2 aliphatic rings. The molecule has 10 nitrogen and oxygen atoms in total. The Morgan fingerprint density at radius 1 is 0.936 bits per heavy atom. The number of esters is 1. The van der Waals surface area contributed by atoms with Crippen molar-refractivity contribution in [2.45, 2.75) is 83.7 Å². The van der Waals surface area contributed by atoms with E-state index in [1.165, 1.54) is 4.90 Å². The summed E-state index contributed by atoms with van der Waals surface area (Å²) in [5.74, 6) is -1.23. The molecular formula is C37H44N2O8. The minimum Gasteiger partial charge on any atom is -0.481 e. The molecule has 2 fully saturated rings. The quantitative estimate of drug-likeness (QED) is 0.0842. The SMILES string of the molecule is CC=CCCOC(=O)C1C(=C(CC=CCCCN(Cc2ccccc2)C(=O)OCc2ccccc2)CCCC(=O)O)OC2CC(=O)N21. The Morgan fingerprint density at radius 3 is 2.34 bits per heavy atom. The molecule has 250 valence electrons. The highest BCUT2D eigenvalue weighted by atomic mass is 16.6. The van der Waals surface area contributed by atoms with Gasteiger partial charge in [0.25, 0.3) is 0 Å². The molecule has 4 rings (SSSR count). The lowest BCUT2D eigenvalue weighted by molar-refractivity contribution is -0.165. The molecule has 2 saturated heterocycles. The average molecular weight is 645 g/mol. The van der Waals surface area contributed by atoms with Crippen molar-refractivity contribution in [1.29, 1.82) is 0 Å². The lowest BCUT2D eigenvalue weighted by atomic mass is 9.99. The minimum atomic E-state index is -0.964. The number of rotatable bonds is 18. The second-order valence-corrected chi connectivity index (χ2v) is 11.5. The van der Waals surface area contributed by atoms with Gasteiger partial charge in [0.1, 0.15) is 12.4 Å². The summed E-state index contributed by atoms with van der Waals surface area (Å²) in [5.41, 5.74) is 2.70. The first kappa shape index (κ1) is 35.0. The number of β-lactam (4-membered cyclic amide) rings is 1. The van der Waals surface area contributed by atoms with Crippen LogP contribution in [0, 0.1) is 0 Å². The summed E-state index contributed by atoms with van der Waals surface area (Å²) in [6.45, 7) is 3.19. The van der Waals surface area contributed by atoms with Gasteiger partial charge in [-0.15, -0.1) is 0 Å². The fraction of sp³-hybridized carbons (Fsp3) is 0.405. The standard InChI is InChI=1S/C37H44N2O8/c1-2-3-14-24-45-36(43)34-35(47-32-25-31(40)39(32)34)30(21-15-22-33(41)42)20-12-4-5-13-23-38(26-28-16-8-6-9-17-28)37(44)46-27-29-18-10-7-11-19-29/h2-4,6-12,16-19,32,34H,5,13-15,20-27H2,1H3,(H,41,42). The number of carboxylic acid groups (broad SMARTS) is 1. The smallest absolute Gasteiger partial charge is 0.410 e. The van der Waals surface area contributed by atoms with Crippen molar-refractivity contribution < 1.29 is 38.5 Å². The fourth-order valence-corrected chi connectivity index (χ4v) is 5.49. The van der Waals surface area contributed by atoms with Gasteiger partial charge in [-0.1, -0.05) is 85.0 Å². The van der Waals surface area contributed by atoms with Crippen molar-refractivity contribution in [3.8, 4) is 0 Å². The molecule has 2 aromatic rings. The summed E-state index contributed by atoms with van der Waals surface area (Å²) in [7, 11) is 0. The highest BCUT2D eigenvalue weighted by Crippen LogP contribution is 2.40. The Labute approximate surface area is 276 Å². The van der Waals surface area contributed by atoms with Crippen LogP contribution in [0.4, 0.5) is 4.79 Å². The molecule has 2 heterocycles. The number of carboxylic acids is 1. The molecule has 0 radical (unpaired) electrons. The fourth-order valence-electron chi connectivity index (χ4n) is 5.49. The molecule has 2 unspecified atom stereocenters. The summed E-state index contributed by atoms with van der Waals surface area (Å²) < 4.78 is 17.2. The molecule has 2 atom stereocenters. The predicted molar refractivity (Wildman–Crippen MR) is 175 cm³/mol. The molecule has 2 amide bonds. The van der Waals surface area contributed by atoms with Crippen LogP contribution in [-0.2, 0) is 41.7 Å². The van der Waals surface area contributed by atoms with Crippen LogP contribution in [-0.4, -0.2) is 64.3 Å². The van der Waals surface area contributed by atoms with Crippen molar-refractivity contribution in [2.75, 3.05) is 13.2 Å². The first-order valence-electron chi connectivity index (χ1n) is 16.2. The van der Waals surface area contributed by atoms with Crippen LogP contribution in [0.2, 0.25) is 0 Å². The summed E-state index contributed by atoms with van der Waals surface area (Å²) in [6, 6.07) is 18.4. The average Bonchev–Trinajstić information content (AvgIpc) is 3.39. The second-order valence-electron chi connectivity index (χ2n) is 11.5. The van der Waals surface area contributed by atoms with Gasteiger partial charge in [0.05, 0.1) is 13.0 Å². The van der Waals surface area contributed by atoms with Crippen LogP contribution < -0.4 is 0 Å². The van der Waals surface area contributed by atoms with Crippen LogP contribution in [0.15, 0.2) is 96.3 Å². The van der Waals surface area contributed by atoms with Gasteiger partial charge in [0.15, 0.2) is 12.3 Å². The highest BCUT2D eigenvalue weighted by molar-refractivity contribution is 5.92. The van der Waals surface area contributed by atoms with Crippen molar-refractivity contribution in [1.82, 2.24) is 9.80 Å². The third kappa shape index (κ3) is 10.6. The molecule has 10 heteroatoms. The molecule has 2 aromatic carbocycles. The number of aliphatic carboxylic acids is 1. The third-order valence-electron chi connectivity index (χ3n) is 7.95. The van der Waals surface area contributed by atoms with Gasteiger partial charge in [-0.3, -0.25) is 14.5 Å². The van der Waals surface area contributed by atoms with Crippen LogP contribution in [0.5, 0.6) is 0 Å². The topological polar surface area (TPSA) is 123 Å². The van der Waals surface area contributed by atoms with E-state index in [0.29, 0.717) is 57.4 Å². The number of fused-ring (bicyclic) bond motifs is 1. The van der Waals surface area contributed by atoms with E-state index in [-0.39, 0.29) is 38.1 Å². The zero-order valence-corrected chi connectivity index (χ0v) is 26.9. The molecule has 0 saturated carbocycles. The van der Waals surface area contributed by atoms with Gasteiger partial charge in [0, 0.05) is 19.5 Å². The molecule has 0 aromatic heterocycles. The maximum atomic E-state index is 13.1. The van der Waals surface area contributed by atoms with E-state index in [4.69, 9.17) is 14.2 Å². The number of carbonyl (C=O) groups is 4. The highest BCUT2D eigenvalue weighted by Gasteiger charge is 2.55. The molecule has 0 spiro atoms. The van der Waals surface area contributed by atoms with Crippen molar-refractivity contribution in [2.24, 2.45) is 0 Å². The zero-order valence-electron chi connectivity index (χ0n) is 26.9. The van der Waals surface area contributed by atoms with Gasteiger partial charge in [-0.25, -0.2) is 9.59 Å². The van der Waals surface area contributed by atoms with E-state index in [1.807, 2.05) is 91.9 Å². The first-order chi connectivity index (χ1) is 22.9. The summed E-state index contributed by atoms with van der Waals surface area (Å²) in [4.78, 5) is 52.9. The summed E-state index contributed by atoms with van der Waals surface area (Å²) in [6.07, 6.45) is 10.1. The van der Waals surface area contributed by atoms with Crippen molar-refractivity contribution in [3.63, 3.8) is 0 Å². The normalized spacial score (nSPS) is 18.1. The number of nitrogens with zero attached hydrogens (tertiary/aromatic N) is 2. The Balaban J connectivity index is 1.39. The van der Waals surface area contributed by atoms with Gasteiger partial charge >= 0.3 is 18.0 Å². The third-order valence-corrected chi connectivity index (χ3v) is 7.95. The number of unbranched alkanes of at least 4 members (excludes halogenated alkanes) is 1. The largest absolute Gasteiger partial charge is 0.481 e. The van der Waals surface area contributed by atoms with Crippen LogP contribution in [0.25, 0.3) is 0 Å². The maximum absolute atomic E-state index is 13.1. The summed E-state index contributed by atoms with van der Waals surface area (Å²) in [5, 5.41) is 9.21. The zero-order chi connectivity index (χ0) is 33.4. The van der Waals surface area contributed by atoms with E-state index >= 15 is 0 Å². The van der Waals surface area contributed by atoms with Gasteiger partial charge in [-0.2, -0.15) is 0 Å². The first-order valence-corrected chi connectivity index (χ1v) is 16.2. The molecule has 0 bridgehead atoms. The maximum Gasteiger partial charge on any atom is 0.410 e. The van der Waals surface area contributed by atoms with Crippen LogP contribution in [0.1, 0.15) is 69.4 Å². The number of carbonyl (C=O) groups excluding carboxylic acids is 3. The van der Waals surface area contributed by atoms with Gasteiger partial charge in [0.2, 0.25) is 5.91 Å². The predicted octanol–water partition coefficient (Wildman–Crippen LogP) is 6.53. The second kappa shape index (κ2) is 18.3. The van der Waals surface area contributed by atoms with Crippen molar-refractivity contribution >= 4 is 23.9 Å². The van der Waals surface area contributed by atoms with Crippen molar-refractivity contribution in [3.05, 3.63) is 107 Å². The lowest BCUT2D eigenvalue weighted by Crippen LogP contribution is -2.55. The monoisotopic (exact) mass is 644 g/mol. The summed E-state index contributed by atoms with van der Waals surface area (Å²) >= 11 is 0. The molecule has 47 heavy (non-hydrogen) atoms. The van der Waals surface area contributed by atoms with Crippen LogP contribution >= 0.6 is 0 Å². The molecule has 1 N–H and O–H groups in total. The number of ether oxygens (including phenoxy) is 3. The number of amides is 2. The number of allylic oxidation sites excluding steroid dienone is 4. The van der Waals surface area contributed by atoms with E-state index in [2.05, 4.69) is 0 Å². The van der Waals surface area contributed by atoms with Gasteiger partial charge < -0.3 is 24.2 Å². The number of hydrogen-bond donors (Lipinski definition) is 1. The molecular weight excluding hydrogens is 600 g/mol. The Bertz CT molecular complexity index is 1440. The van der Waals surface area contributed by atoms with E-state index in [0.717, 1.165) is 16.7 Å².